The number of allylic oxidation sites excluding steroid dienone is 3. The Morgan fingerprint density at radius 2 is 1.76 bits per heavy atom. The summed E-state index contributed by atoms with van der Waals surface area (Å²) >= 11 is 0. The average molecular weight is 530 g/mol. The number of carboxylic acid groups (broad SMARTS) is 1. The van der Waals surface area contributed by atoms with E-state index in [0.717, 1.165) is 11.1 Å². The van der Waals surface area contributed by atoms with Crippen LogP contribution in [0.4, 0.5) is 10.1 Å². The second kappa shape index (κ2) is 10.8. The number of halogens is 1. The van der Waals surface area contributed by atoms with Crippen molar-refractivity contribution in [3.05, 3.63) is 69.8 Å². The standard InChI is InChI=1S/C29H36FNO5S/c1-8-9-10-22-21(15-30)16-37(34,35)31-26-19(4)25(27(28(32)33)36-29(5,6)7)23(18(3)24(22)26)20-13-11-17(2)12-14-20/h9-14,27,31H,8,15-16H2,1-7H3,(H,32,33)/b10-9-. The molecule has 0 spiro atoms. The van der Waals surface area contributed by atoms with Crippen molar-refractivity contribution in [3.63, 3.8) is 0 Å². The molecule has 200 valence electrons. The number of alkyl halides is 1. The van der Waals surface area contributed by atoms with Gasteiger partial charge >= 0.3 is 5.97 Å². The Labute approximate surface area is 219 Å². The molecule has 0 aliphatic carbocycles. The van der Waals surface area contributed by atoms with Crippen molar-refractivity contribution < 1.29 is 27.4 Å². The monoisotopic (exact) mass is 529 g/mol. The molecule has 0 fully saturated rings. The molecule has 1 unspecified atom stereocenters. The molecule has 1 heterocycles. The first-order valence-electron chi connectivity index (χ1n) is 12.3. The minimum atomic E-state index is -3.94. The molecule has 1 aliphatic heterocycles. The summed E-state index contributed by atoms with van der Waals surface area (Å²) < 4.78 is 49.1. The molecular weight excluding hydrogens is 493 g/mol. The molecule has 1 atom stereocenters. The molecule has 2 N–H and O–H groups in total. The smallest absolute Gasteiger partial charge is 0.337 e. The Hall–Kier alpha value is -2.97. The quantitative estimate of drug-likeness (QED) is 0.418. The lowest BCUT2D eigenvalue weighted by atomic mass is 9.81. The Balaban J connectivity index is 2.58. The third-order valence-corrected chi connectivity index (χ3v) is 7.54. The highest BCUT2D eigenvalue weighted by molar-refractivity contribution is 7.92. The number of rotatable bonds is 7. The number of hydrogen-bond donors (Lipinski definition) is 2. The van der Waals surface area contributed by atoms with Crippen LogP contribution in [0, 0.1) is 20.8 Å². The molecular formula is C29H36FNO5S. The number of hydrogen-bond acceptors (Lipinski definition) is 4. The molecule has 8 heteroatoms. The highest BCUT2D eigenvalue weighted by Crippen LogP contribution is 2.47. The van der Waals surface area contributed by atoms with Crippen LogP contribution in [0.3, 0.4) is 0 Å². The first kappa shape index (κ1) is 28.6. The number of carboxylic acids is 1. The van der Waals surface area contributed by atoms with Crippen LogP contribution in [0.5, 0.6) is 0 Å². The fourth-order valence-corrected chi connectivity index (χ4v) is 6.05. The molecule has 1 aliphatic rings. The van der Waals surface area contributed by atoms with E-state index >= 15 is 0 Å². The van der Waals surface area contributed by atoms with Gasteiger partial charge in [-0.05, 0) is 81.4 Å². The van der Waals surface area contributed by atoms with Crippen LogP contribution < -0.4 is 4.72 Å². The van der Waals surface area contributed by atoms with Gasteiger partial charge in [-0.25, -0.2) is 17.6 Å². The molecule has 2 aromatic carbocycles. The fourth-order valence-electron chi connectivity index (χ4n) is 4.72. The minimum Gasteiger partial charge on any atom is -0.479 e. The second-order valence-corrected chi connectivity index (χ2v) is 12.1. The number of aryl methyl sites for hydroxylation is 1. The van der Waals surface area contributed by atoms with E-state index in [1.54, 1.807) is 33.8 Å². The lowest BCUT2D eigenvalue weighted by Crippen LogP contribution is -2.29. The lowest BCUT2D eigenvalue weighted by Gasteiger charge is -2.31. The normalized spacial score (nSPS) is 16.3. The Kier molecular flexibility index (Phi) is 8.34. The summed E-state index contributed by atoms with van der Waals surface area (Å²) in [5, 5.41) is 10.3. The van der Waals surface area contributed by atoms with E-state index < -0.39 is 40.1 Å². The van der Waals surface area contributed by atoms with Crippen molar-refractivity contribution >= 4 is 27.3 Å². The highest BCUT2D eigenvalue weighted by atomic mass is 32.2. The topological polar surface area (TPSA) is 92.7 Å². The zero-order valence-corrected chi connectivity index (χ0v) is 23.3. The lowest BCUT2D eigenvalue weighted by molar-refractivity contribution is -0.160. The predicted molar refractivity (Wildman–Crippen MR) is 147 cm³/mol. The zero-order valence-electron chi connectivity index (χ0n) is 22.5. The van der Waals surface area contributed by atoms with Crippen molar-refractivity contribution in [2.24, 2.45) is 0 Å². The molecule has 0 bridgehead atoms. The molecule has 0 saturated heterocycles. The van der Waals surface area contributed by atoms with Crippen molar-refractivity contribution in [2.75, 3.05) is 17.1 Å². The number of aliphatic carboxylic acids is 1. The van der Waals surface area contributed by atoms with Crippen molar-refractivity contribution in [1.82, 2.24) is 0 Å². The molecule has 3 rings (SSSR count). The van der Waals surface area contributed by atoms with Gasteiger partial charge in [-0.2, -0.15) is 0 Å². The Morgan fingerprint density at radius 1 is 1.14 bits per heavy atom. The van der Waals surface area contributed by atoms with E-state index in [2.05, 4.69) is 4.72 Å². The highest BCUT2D eigenvalue weighted by Gasteiger charge is 2.36. The minimum absolute atomic E-state index is 0.154. The van der Waals surface area contributed by atoms with E-state index in [1.807, 2.05) is 51.1 Å². The first-order chi connectivity index (χ1) is 17.2. The van der Waals surface area contributed by atoms with Crippen LogP contribution in [0.25, 0.3) is 16.7 Å². The summed E-state index contributed by atoms with van der Waals surface area (Å²) in [6.07, 6.45) is 2.94. The van der Waals surface area contributed by atoms with Gasteiger partial charge in [-0.15, -0.1) is 0 Å². The number of fused-ring (bicyclic) bond motifs is 1. The summed E-state index contributed by atoms with van der Waals surface area (Å²) in [7, 11) is -3.94. The number of benzene rings is 2. The number of ether oxygens (including phenoxy) is 1. The van der Waals surface area contributed by atoms with Gasteiger partial charge in [0.1, 0.15) is 6.67 Å². The van der Waals surface area contributed by atoms with Gasteiger partial charge in [0, 0.05) is 11.1 Å². The number of sulfonamides is 1. The maximum absolute atomic E-state index is 14.3. The van der Waals surface area contributed by atoms with Crippen molar-refractivity contribution in [3.8, 4) is 11.1 Å². The van der Waals surface area contributed by atoms with E-state index in [9.17, 15) is 22.7 Å². The van der Waals surface area contributed by atoms with Gasteiger partial charge in [0.15, 0.2) is 6.10 Å². The molecule has 0 amide bonds. The van der Waals surface area contributed by atoms with Crippen LogP contribution in [0.15, 0.2) is 42.0 Å². The Morgan fingerprint density at radius 3 is 2.27 bits per heavy atom. The summed E-state index contributed by atoms with van der Waals surface area (Å²) in [5.41, 5.74) is 4.54. The van der Waals surface area contributed by atoms with E-state index in [0.29, 0.717) is 39.8 Å². The number of anilines is 1. The van der Waals surface area contributed by atoms with Gasteiger partial charge < -0.3 is 9.84 Å². The summed E-state index contributed by atoms with van der Waals surface area (Å²) in [4.78, 5) is 12.6. The van der Waals surface area contributed by atoms with Crippen LogP contribution in [0.1, 0.15) is 68.0 Å². The van der Waals surface area contributed by atoms with Crippen LogP contribution in [-0.2, 0) is 19.6 Å². The van der Waals surface area contributed by atoms with Gasteiger partial charge in [0.2, 0.25) is 10.0 Å². The molecule has 37 heavy (non-hydrogen) atoms. The molecule has 0 aromatic heterocycles. The van der Waals surface area contributed by atoms with E-state index in [1.165, 1.54) is 0 Å². The van der Waals surface area contributed by atoms with Crippen LogP contribution in [-0.4, -0.2) is 37.5 Å². The summed E-state index contributed by atoms with van der Waals surface area (Å²) in [6.45, 7) is 11.8. The third kappa shape index (κ3) is 6.13. The van der Waals surface area contributed by atoms with Gasteiger partial charge in [-0.1, -0.05) is 48.9 Å². The average Bonchev–Trinajstić information content (AvgIpc) is 2.91. The maximum Gasteiger partial charge on any atom is 0.337 e. The fraction of sp³-hybridized carbons (Fsp3) is 0.414. The van der Waals surface area contributed by atoms with Crippen LogP contribution >= 0.6 is 0 Å². The predicted octanol–water partition coefficient (Wildman–Crippen LogP) is 6.66. The molecule has 2 aromatic rings. The molecule has 0 radical (unpaired) electrons. The second-order valence-electron chi connectivity index (χ2n) is 10.4. The van der Waals surface area contributed by atoms with E-state index in [4.69, 9.17) is 4.74 Å². The van der Waals surface area contributed by atoms with Gasteiger partial charge in [0.25, 0.3) is 0 Å². The van der Waals surface area contributed by atoms with Crippen molar-refractivity contribution in [1.29, 1.82) is 0 Å². The van der Waals surface area contributed by atoms with Crippen LogP contribution in [0.2, 0.25) is 0 Å². The summed E-state index contributed by atoms with van der Waals surface area (Å²) in [5.74, 6) is -1.68. The van der Waals surface area contributed by atoms with Crippen molar-refractivity contribution in [2.45, 2.75) is 66.6 Å². The van der Waals surface area contributed by atoms with E-state index in [-0.39, 0.29) is 11.3 Å². The van der Waals surface area contributed by atoms with Gasteiger partial charge in [0.05, 0.1) is 17.0 Å². The molecule has 6 nitrogen and oxygen atoms in total. The number of nitrogens with one attached hydrogen (secondary N) is 1. The largest absolute Gasteiger partial charge is 0.479 e. The zero-order chi connectivity index (χ0) is 27.7. The maximum atomic E-state index is 14.3. The summed E-state index contributed by atoms with van der Waals surface area (Å²) in [6, 6.07) is 7.68. The SMILES string of the molecule is CC/C=C\C1=C(CF)CS(=O)(=O)Nc2c(C)c(C(OC(C)(C)C)C(=O)O)c(-c3ccc(C)cc3)c(C)c21. The first-order valence-corrected chi connectivity index (χ1v) is 14.0. The molecule has 0 saturated carbocycles. The number of carbonyl (C=O) groups is 1. The van der Waals surface area contributed by atoms with Gasteiger partial charge in [-0.3, -0.25) is 4.72 Å². The Bertz CT molecular complexity index is 1370. The third-order valence-electron chi connectivity index (χ3n) is 6.30.